The number of amidine groups is 1. The van der Waals surface area contributed by atoms with E-state index in [1.165, 1.54) is 0 Å². The second kappa shape index (κ2) is 5.85. The standard InChI is InChI=1S/C24H17N4O/c25-28-13-12-26-15-20(28)23(17-5-3-6-17)27-24(28)18-10-8-16(9-11-18)22-14-19-4-1-2-7-21(19)29-22/h1-15H,25H2/q+1. The molecule has 0 amide bonds. The Morgan fingerprint density at radius 2 is 1.76 bits per heavy atom. The minimum absolute atomic E-state index is 0.0218. The quantitative estimate of drug-likeness (QED) is 0.526. The van der Waals surface area contributed by atoms with Gasteiger partial charge in [0.05, 0.1) is 18.0 Å². The first kappa shape index (κ1) is 16.2. The largest absolute Gasteiger partial charge is 0.456 e. The first-order valence-corrected chi connectivity index (χ1v) is 9.43. The minimum Gasteiger partial charge on any atom is -0.456 e. The molecule has 0 saturated heterocycles. The average Bonchev–Trinajstić information content (AvgIpc) is 3.26. The van der Waals surface area contributed by atoms with Crippen molar-refractivity contribution in [2.75, 3.05) is 0 Å². The molecule has 138 valence electrons. The third-order valence-corrected chi connectivity index (χ3v) is 5.47. The Hall–Kier alpha value is -3.80. The fourth-order valence-electron chi connectivity index (χ4n) is 3.85. The Labute approximate surface area is 167 Å². The van der Waals surface area contributed by atoms with E-state index in [1.54, 1.807) is 12.4 Å². The van der Waals surface area contributed by atoms with Gasteiger partial charge in [-0.05, 0) is 24.3 Å². The molecule has 29 heavy (non-hydrogen) atoms. The van der Waals surface area contributed by atoms with Gasteiger partial charge in [0.15, 0.2) is 0 Å². The lowest BCUT2D eigenvalue weighted by molar-refractivity contribution is -0.750. The van der Waals surface area contributed by atoms with Gasteiger partial charge in [0, 0.05) is 16.5 Å². The van der Waals surface area contributed by atoms with Crippen molar-refractivity contribution in [3.63, 3.8) is 0 Å². The summed E-state index contributed by atoms with van der Waals surface area (Å²) in [6.45, 7) is 0. The normalized spacial score (nSPS) is 22.0. The van der Waals surface area contributed by atoms with Crippen molar-refractivity contribution in [3.05, 3.63) is 108 Å². The van der Waals surface area contributed by atoms with Crippen LogP contribution in [0.3, 0.4) is 0 Å². The van der Waals surface area contributed by atoms with Gasteiger partial charge < -0.3 is 4.42 Å². The van der Waals surface area contributed by atoms with Crippen LogP contribution in [0.25, 0.3) is 22.3 Å². The number of nitrogens with zero attached hydrogens (tertiary/aromatic N) is 3. The molecule has 0 fully saturated rings. The first-order chi connectivity index (χ1) is 14.2. The molecule has 3 aromatic rings. The number of allylic oxidation sites excluding steroid dienone is 4. The molecule has 5 nitrogen and oxygen atoms in total. The Morgan fingerprint density at radius 1 is 0.966 bits per heavy atom. The van der Waals surface area contributed by atoms with Gasteiger partial charge >= 0.3 is 0 Å². The molecule has 0 spiro atoms. The maximum atomic E-state index is 6.75. The number of quaternary nitrogens is 1. The Balaban J connectivity index is 1.40. The van der Waals surface area contributed by atoms with Gasteiger partial charge in [0.25, 0.3) is 5.84 Å². The third kappa shape index (κ3) is 2.35. The summed E-state index contributed by atoms with van der Waals surface area (Å²) >= 11 is 0. The van der Waals surface area contributed by atoms with E-state index in [4.69, 9.17) is 15.3 Å². The molecule has 1 aromatic heterocycles. The fraction of sp³-hybridized carbons (Fsp3) is 0. The van der Waals surface area contributed by atoms with Gasteiger partial charge in [-0.1, -0.05) is 48.6 Å². The van der Waals surface area contributed by atoms with Crippen LogP contribution in [-0.2, 0) is 0 Å². The van der Waals surface area contributed by atoms with E-state index in [2.05, 4.69) is 17.1 Å². The molecule has 6 rings (SSSR count). The second-order valence-corrected chi connectivity index (χ2v) is 7.23. The molecular formula is C24H17N4O+. The number of hydrogen-bond donors (Lipinski definition) is 1. The molecule has 0 bridgehead atoms. The van der Waals surface area contributed by atoms with Crippen LogP contribution < -0.4 is 5.84 Å². The summed E-state index contributed by atoms with van der Waals surface area (Å²) in [4.78, 5) is 9.15. The summed E-state index contributed by atoms with van der Waals surface area (Å²) in [6.07, 6.45) is 11.4. The lowest BCUT2D eigenvalue weighted by Crippen LogP contribution is -2.53. The maximum Gasteiger partial charge on any atom is 0.265 e. The molecule has 3 heterocycles. The van der Waals surface area contributed by atoms with E-state index < -0.39 is 0 Å². The summed E-state index contributed by atoms with van der Waals surface area (Å²) in [6, 6.07) is 18.3. The fourth-order valence-corrected chi connectivity index (χ4v) is 3.85. The van der Waals surface area contributed by atoms with Crippen LogP contribution >= 0.6 is 0 Å². The van der Waals surface area contributed by atoms with E-state index >= 15 is 0 Å². The number of furan rings is 1. The number of benzene rings is 2. The summed E-state index contributed by atoms with van der Waals surface area (Å²) in [5.41, 5.74) is 5.68. The summed E-state index contributed by atoms with van der Waals surface area (Å²) < 4.78 is 6.01. The molecular weight excluding hydrogens is 360 g/mol. The molecule has 3 aliphatic rings. The number of nitrogens with two attached hydrogens (primary N) is 1. The molecule has 0 radical (unpaired) electrons. The average molecular weight is 377 g/mol. The number of aliphatic imine (C=N–C) groups is 2. The number of hydrogen-bond acceptors (Lipinski definition) is 4. The molecule has 1 unspecified atom stereocenters. The van der Waals surface area contributed by atoms with Gasteiger partial charge in [0.2, 0.25) is 5.70 Å². The lowest BCUT2D eigenvalue weighted by atomic mass is 10.0. The van der Waals surface area contributed by atoms with Gasteiger partial charge in [0.1, 0.15) is 23.2 Å². The molecule has 2 N–H and O–H groups in total. The van der Waals surface area contributed by atoms with E-state index in [9.17, 15) is 0 Å². The highest BCUT2D eigenvalue weighted by molar-refractivity contribution is 6.01. The SMILES string of the molecule is N[N+]12C=CN=CC1=C(C1=CC=C1)N=C2c1ccc(-c2cc3ccccc3o2)cc1. The van der Waals surface area contributed by atoms with Gasteiger partial charge in [-0.2, -0.15) is 10.8 Å². The van der Waals surface area contributed by atoms with Crippen molar-refractivity contribution in [2.24, 2.45) is 15.8 Å². The molecule has 0 saturated carbocycles. The Bertz CT molecular complexity index is 1320. The molecule has 5 heteroatoms. The highest BCUT2D eigenvalue weighted by Crippen LogP contribution is 2.36. The minimum atomic E-state index is 0.0218. The summed E-state index contributed by atoms with van der Waals surface area (Å²) in [5, 5.41) is 1.09. The second-order valence-electron chi connectivity index (χ2n) is 7.23. The predicted molar refractivity (Wildman–Crippen MR) is 115 cm³/mol. The van der Waals surface area contributed by atoms with Crippen LogP contribution in [0.5, 0.6) is 0 Å². The highest BCUT2D eigenvalue weighted by atomic mass is 16.3. The number of rotatable bonds is 3. The van der Waals surface area contributed by atoms with Crippen molar-refractivity contribution in [1.29, 1.82) is 0 Å². The molecule has 2 aromatic carbocycles. The third-order valence-electron chi connectivity index (χ3n) is 5.47. The summed E-state index contributed by atoms with van der Waals surface area (Å²) in [7, 11) is 0. The monoisotopic (exact) mass is 377 g/mol. The number of fused-ring (bicyclic) bond motifs is 2. The smallest absolute Gasteiger partial charge is 0.265 e. The predicted octanol–water partition coefficient (Wildman–Crippen LogP) is 4.81. The van der Waals surface area contributed by atoms with Gasteiger partial charge in [-0.25, -0.2) is 0 Å². The van der Waals surface area contributed by atoms with Crippen LogP contribution in [0.2, 0.25) is 0 Å². The zero-order valence-corrected chi connectivity index (χ0v) is 15.5. The van der Waals surface area contributed by atoms with Crippen molar-refractivity contribution in [1.82, 2.24) is 0 Å². The van der Waals surface area contributed by atoms with Crippen LogP contribution in [-0.4, -0.2) is 16.6 Å². The zero-order valence-electron chi connectivity index (χ0n) is 15.5. The van der Waals surface area contributed by atoms with E-state index in [0.29, 0.717) is 0 Å². The summed E-state index contributed by atoms with van der Waals surface area (Å²) in [5.74, 6) is 8.37. The van der Waals surface area contributed by atoms with Crippen LogP contribution in [0.1, 0.15) is 5.56 Å². The van der Waals surface area contributed by atoms with E-state index in [0.717, 1.165) is 50.7 Å². The highest BCUT2D eigenvalue weighted by Gasteiger charge is 2.44. The van der Waals surface area contributed by atoms with Gasteiger partial charge in [-0.3, -0.25) is 4.99 Å². The topological polar surface area (TPSA) is 63.9 Å². The van der Waals surface area contributed by atoms with Crippen LogP contribution in [0, 0.1) is 0 Å². The lowest BCUT2D eigenvalue weighted by Gasteiger charge is -2.26. The van der Waals surface area contributed by atoms with Crippen molar-refractivity contribution in [3.8, 4) is 11.3 Å². The van der Waals surface area contributed by atoms with Crippen molar-refractivity contribution < 1.29 is 9.01 Å². The van der Waals surface area contributed by atoms with Crippen LogP contribution in [0.4, 0.5) is 0 Å². The Kier molecular flexibility index (Phi) is 3.26. The molecule has 2 aliphatic heterocycles. The van der Waals surface area contributed by atoms with Crippen molar-refractivity contribution >= 4 is 23.0 Å². The van der Waals surface area contributed by atoms with E-state index in [-0.39, 0.29) is 4.59 Å². The molecule has 1 atom stereocenters. The van der Waals surface area contributed by atoms with Gasteiger partial charge in [-0.15, -0.1) is 4.59 Å². The Morgan fingerprint density at radius 3 is 2.52 bits per heavy atom. The van der Waals surface area contributed by atoms with Crippen molar-refractivity contribution in [2.45, 2.75) is 0 Å². The van der Waals surface area contributed by atoms with E-state index in [1.807, 2.05) is 66.9 Å². The maximum absolute atomic E-state index is 6.75. The van der Waals surface area contributed by atoms with Crippen LogP contribution in [0.15, 0.2) is 117 Å². The first-order valence-electron chi connectivity index (χ1n) is 9.43. The zero-order chi connectivity index (χ0) is 19.4. The molecule has 1 aliphatic carbocycles. The number of para-hydroxylation sites is 1.